The number of amides is 1. The Morgan fingerprint density at radius 3 is 2.37 bits per heavy atom. The number of hydrogen-bond donors (Lipinski definition) is 1. The average molecular weight is 381 g/mol. The molecular formula is C19H27NO7. The van der Waals surface area contributed by atoms with E-state index in [1.54, 1.807) is 6.07 Å². The fourth-order valence-corrected chi connectivity index (χ4v) is 2.30. The first-order valence-electron chi connectivity index (χ1n) is 8.72. The molecule has 1 aromatic rings. The van der Waals surface area contributed by atoms with E-state index in [9.17, 15) is 14.4 Å². The average Bonchev–Trinajstić information content (AvgIpc) is 2.69. The fourth-order valence-electron chi connectivity index (χ4n) is 2.30. The van der Waals surface area contributed by atoms with Crippen molar-refractivity contribution in [2.24, 2.45) is 5.92 Å². The number of carbonyl (C=O) groups is 3. The van der Waals surface area contributed by atoms with E-state index in [-0.39, 0.29) is 11.5 Å². The van der Waals surface area contributed by atoms with Gasteiger partial charge in [0.1, 0.15) is 6.04 Å². The van der Waals surface area contributed by atoms with E-state index in [0.29, 0.717) is 24.5 Å². The van der Waals surface area contributed by atoms with Crippen LogP contribution in [0.25, 0.3) is 0 Å². The summed E-state index contributed by atoms with van der Waals surface area (Å²) in [7, 11) is 2.75. The zero-order valence-corrected chi connectivity index (χ0v) is 16.4. The van der Waals surface area contributed by atoms with E-state index in [1.807, 2.05) is 20.8 Å². The van der Waals surface area contributed by atoms with Gasteiger partial charge in [0.15, 0.2) is 18.1 Å². The van der Waals surface area contributed by atoms with Crippen LogP contribution >= 0.6 is 0 Å². The molecule has 0 aromatic heterocycles. The number of methoxy groups -OCH3 is 2. The van der Waals surface area contributed by atoms with Crippen LogP contribution in [-0.2, 0) is 19.1 Å². The highest BCUT2D eigenvalue weighted by molar-refractivity contribution is 5.92. The molecule has 1 aromatic carbocycles. The van der Waals surface area contributed by atoms with Crippen molar-refractivity contribution in [1.82, 2.24) is 5.32 Å². The van der Waals surface area contributed by atoms with Crippen molar-refractivity contribution in [2.75, 3.05) is 27.4 Å². The molecule has 0 heterocycles. The Bertz CT molecular complexity index is 659. The lowest BCUT2D eigenvalue weighted by molar-refractivity contribution is -0.147. The summed E-state index contributed by atoms with van der Waals surface area (Å²) in [5.74, 6) is -1.04. The number of ether oxygens (including phenoxy) is 4. The van der Waals surface area contributed by atoms with Gasteiger partial charge in [-0.15, -0.1) is 0 Å². The molecule has 0 aliphatic rings. The second kappa shape index (κ2) is 11.1. The highest BCUT2D eigenvalue weighted by atomic mass is 16.5. The van der Waals surface area contributed by atoms with Gasteiger partial charge in [0.05, 0.1) is 26.4 Å². The number of benzene rings is 1. The summed E-state index contributed by atoms with van der Waals surface area (Å²) in [6.45, 7) is 5.41. The normalized spacial score (nSPS) is 12.5. The van der Waals surface area contributed by atoms with Gasteiger partial charge in [-0.1, -0.05) is 20.3 Å². The molecule has 0 fully saturated rings. The zero-order valence-electron chi connectivity index (χ0n) is 16.4. The highest BCUT2D eigenvalue weighted by Crippen LogP contribution is 2.28. The summed E-state index contributed by atoms with van der Waals surface area (Å²) in [5.41, 5.74) is 0.221. The molecule has 0 bridgehead atoms. The summed E-state index contributed by atoms with van der Waals surface area (Å²) < 4.78 is 20.3. The van der Waals surface area contributed by atoms with E-state index in [1.165, 1.54) is 26.4 Å². The monoisotopic (exact) mass is 381 g/mol. The lowest BCUT2D eigenvalue weighted by Gasteiger charge is -2.21. The van der Waals surface area contributed by atoms with Crippen molar-refractivity contribution in [3.05, 3.63) is 23.8 Å². The van der Waals surface area contributed by atoms with Gasteiger partial charge in [0, 0.05) is 0 Å². The summed E-state index contributed by atoms with van der Waals surface area (Å²) in [6.07, 6.45) is 0.673. The third kappa shape index (κ3) is 6.47. The standard InChI is InChI=1S/C19H27NO7/c1-6-12(3)17(19(23)25-5)20-16(21)11-27-18(22)13-8-9-14(24-4)15(10-13)26-7-2/h8-10,12,17H,6-7,11H2,1-5H3,(H,20,21)/t12-,17+/m0/s1. The molecule has 1 N–H and O–H groups in total. The minimum atomic E-state index is -0.795. The molecule has 0 unspecified atom stereocenters. The lowest BCUT2D eigenvalue weighted by Crippen LogP contribution is -2.47. The molecule has 27 heavy (non-hydrogen) atoms. The van der Waals surface area contributed by atoms with Gasteiger partial charge < -0.3 is 24.3 Å². The molecule has 0 aliphatic heterocycles. The number of rotatable bonds is 10. The summed E-state index contributed by atoms with van der Waals surface area (Å²) >= 11 is 0. The fraction of sp³-hybridized carbons (Fsp3) is 0.526. The predicted molar refractivity (Wildman–Crippen MR) is 97.8 cm³/mol. The first-order valence-corrected chi connectivity index (χ1v) is 8.72. The van der Waals surface area contributed by atoms with Gasteiger partial charge in [-0.3, -0.25) is 4.79 Å². The largest absolute Gasteiger partial charge is 0.493 e. The first kappa shape index (κ1) is 22.3. The van der Waals surface area contributed by atoms with Gasteiger partial charge >= 0.3 is 11.9 Å². The Morgan fingerprint density at radius 1 is 1.11 bits per heavy atom. The Labute approximate surface area is 159 Å². The van der Waals surface area contributed by atoms with Crippen LogP contribution in [0.15, 0.2) is 18.2 Å². The number of esters is 2. The molecule has 150 valence electrons. The quantitative estimate of drug-likeness (QED) is 0.618. The maximum absolute atomic E-state index is 12.2. The lowest BCUT2D eigenvalue weighted by atomic mass is 9.99. The molecule has 8 nitrogen and oxygen atoms in total. The SMILES string of the molecule is CCOc1cc(C(=O)OCC(=O)N[C@@H](C(=O)OC)[C@@H](C)CC)ccc1OC. The van der Waals surface area contributed by atoms with E-state index >= 15 is 0 Å². The molecule has 1 amide bonds. The number of carbonyl (C=O) groups excluding carboxylic acids is 3. The minimum absolute atomic E-state index is 0.118. The first-order chi connectivity index (χ1) is 12.9. The van der Waals surface area contributed by atoms with Crippen molar-refractivity contribution in [3.63, 3.8) is 0 Å². The van der Waals surface area contributed by atoms with E-state index < -0.39 is 30.5 Å². The van der Waals surface area contributed by atoms with E-state index in [0.717, 1.165) is 0 Å². The third-order valence-corrected chi connectivity index (χ3v) is 4.02. The smallest absolute Gasteiger partial charge is 0.338 e. The molecule has 0 aliphatic carbocycles. The molecule has 8 heteroatoms. The molecular weight excluding hydrogens is 354 g/mol. The van der Waals surface area contributed by atoms with Crippen LogP contribution in [0.3, 0.4) is 0 Å². The second-order valence-electron chi connectivity index (χ2n) is 5.83. The van der Waals surface area contributed by atoms with Crippen LogP contribution in [0.5, 0.6) is 11.5 Å². The van der Waals surface area contributed by atoms with Crippen LogP contribution in [0.2, 0.25) is 0 Å². The predicted octanol–water partition coefficient (Wildman–Crippen LogP) is 1.95. The van der Waals surface area contributed by atoms with Gasteiger partial charge in [0.2, 0.25) is 0 Å². The topological polar surface area (TPSA) is 100 Å². The van der Waals surface area contributed by atoms with E-state index in [4.69, 9.17) is 18.9 Å². The molecule has 0 spiro atoms. The Kier molecular flexibility index (Phi) is 9.12. The second-order valence-corrected chi connectivity index (χ2v) is 5.83. The van der Waals surface area contributed by atoms with E-state index in [2.05, 4.69) is 5.32 Å². The summed E-state index contributed by atoms with van der Waals surface area (Å²) in [4.78, 5) is 36.0. The third-order valence-electron chi connectivity index (χ3n) is 4.02. The summed E-state index contributed by atoms with van der Waals surface area (Å²) in [5, 5.41) is 2.54. The minimum Gasteiger partial charge on any atom is -0.493 e. The molecule has 0 saturated heterocycles. The van der Waals surface area contributed by atoms with Gasteiger partial charge in [0.25, 0.3) is 5.91 Å². The van der Waals surface area contributed by atoms with Crippen molar-refractivity contribution in [3.8, 4) is 11.5 Å². The Morgan fingerprint density at radius 2 is 1.81 bits per heavy atom. The molecule has 0 radical (unpaired) electrons. The maximum Gasteiger partial charge on any atom is 0.338 e. The number of nitrogens with one attached hydrogen (secondary N) is 1. The van der Waals surface area contributed by atoms with Gasteiger partial charge in [-0.25, -0.2) is 9.59 Å². The van der Waals surface area contributed by atoms with Crippen LogP contribution in [0.4, 0.5) is 0 Å². The Hall–Kier alpha value is -2.77. The maximum atomic E-state index is 12.2. The highest BCUT2D eigenvalue weighted by Gasteiger charge is 2.27. The van der Waals surface area contributed by atoms with Crippen LogP contribution in [-0.4, -0.2) is 51.3 Å². The van der Waals surface area contributed by atoms with Crippen molar-refractivity contribution >= 4 is 17.8 Å². The van der Waals surface area contributed by atoms with Crippen LogP contribution in [0, 0.1) is 5.92 Å². The van der Waals surface area contributed by atoms with Crippen LogP contribution in [0.1, 0.15) is 37.6 Å². The van der Waals surface area contributed by atoms with Crippen molar-refractivity contribution in [2.45, 2.75) is 33.2 Å². The molecule has 1 rings (SSSR count). The molecule has 2 atom stereocenters. The number of hydrogen-bond acceptors (Lipinski definition) is 7. The Balaban J connectivity index is 2.71. The zero-order chi connectivity index (χ0) is 20.4. The van der Waals surface area contributed by atoms with Crippen LogP contribution < -0.4 is 14.8 Å². The molecule has 0 saturated carbocycles. The van der Waals surface area contributed by atoms with Crippen molar-refractivity contribution < 1.29 is 33.3 Å². The summed E-state index contributed by atoms with van der Waals surface area (Å²) in [6, 6.07) is 3.78. The van der Waals surface area contributed by atoms with Crippen molar-refractivity contribution in [1.29, 1.82) is 0 Å². The van der Waals surface area contributed by atoms with Gasteiger partial charge in [-0.2, -0.15) is 0 Å². The van der Waals surface area contributed by atoms with Gasteiger partial charge in [-0.05, 0) is 31.0 Å².